The van der Waals surface area contributed by atoms with Crippen molar-refractivity contribution in [2.75, 3.05) is 158 Å². The zero-order valence-corrected chi connectivity index (χ0v) is 43.0. The first-order valence-corrected chi connectivity index (χ1v) is 24.9. The Balaban J connectivity index is 0.952. The van der Waals surface area contributed by atoms with Gasteiger partial charge in [-0.25, -0.2) is 0 Å². The number of nitrogens with zero attached hydrogens (tertiary/aromatic N) is 4. The number of hydrogen-bond acceptors (Lipinski definition) is 22. The van der Waals surface area contributed by atoms with Crippen molar-refractivity contribution >= 4 is 24.0 Å². The van der Waals surface area contributed by atoms with Crippen LogP contribution in [-0.2, 0) is 66.5 Å². The van der Waals surface area contributed by atoms with Crippen molar-refractivity contribution in [1.29, 1.82) is 0 Å². The Labute approximate surface area is 436 Å². The predicted octanol–water partition coefficient (Wildman–Crippen LogP) is 2.11. The minimum absolute atomic E-state index is 0.0262. The summed E-state index contributed by atoms with van der Waals surface area (Å²) in [5.41, 5.74) is 1.62. The summed E-state index contributed by atoms with van der Waals surface area (Å²) in [5, 5.41) is 23.7. The second kappa shape index (κ2) is 40.3. The third kappa shape index (κ3) is 29.6. The number of ether oxygens (including phenoxy) is 12. The fraction of sp³-hybridized carbons (Fsp3) is 0.600. The minimum Gasteiger partial charge on any atom is -0.491 e. The molecule has 2 heterocycles. The number of aryl methyl sites for hydroxylation is 2. The highest BCUT2D eigenvalue weighted by molar-refractivity contribution is 5.88. The van der Waals surface area contributed by atoms with Crippen molar-refractivity contribution in [2.45, 2.75) is 39.2 Å². The lowest BCUT2D eigenvalue weighted by molar-refractivity contribution is -0.130. The van der Waals surface area contributed by atoms with Gasteiger partial charge in [0, 0.05) is 57.3 Å². The quantitative estimate of drug-likeness (QED) is 0.0422. The Bertz CT molecular complexity index is 2110. The van der Waals surface area contributed by atoms with E-state index in [0.717, 1.165) is 17.4 Å². The van der Waals surface area contributed by atoms with Gasteiger partial charge in [-0.2, -0.15) is 0 Å². The standard InChI is InChI=1S/C50H73N7O18/c1-39-54-56-49(74-39)41-4-8-43(9-5-41)72-36-34-70-32-30-68-28-26-66-24-21-63-17-12-46(59)52-38-45(48(61)51-14-19-65-23-20-62-16-3-15-58)53-47(60)13-18-64-22-25-67-27-29-69-31-33-71-35-37-73-44-10-6-42(7-11-44)50-57-55-40(2)75-50/h4-11,15,45H,3,12-14,16-38H2,1-2H3,(H,51,61)(H,52,59)(H,53,60). The van der Waals surface area contributed by atoms with E-state index in [1.54, 1.807) is 13.8 Å². The second-order valence-electron chi connectivity index (χ2n) is 15.8. The van der Waals surface area contributed by atoms with E-state index in [2.05, 4.69) is 36.3 Å². The lowest BCUT2D eigenvalue weighted by Crippen LogP contribution is -2.53. The third-order valence-corrected chi connectivity index (χ3v) is 9.88. The molecule has 0 aliphatic rings. The van der Waals surface area contributed by atoms with Crippen LogP contribution in [0.4, 0.5) is 0 Å². The molecule has 0 spiro atoms. The lowest BCUT2D eigenvalue weighted by Gasteiger charge is -2.19. The molecular weight excluding hydrogens is 987 g/mol. The molecule has 0 aliphatic heterocycles. The highest BCUT2D eigenvalue weighted by Gasteiger charge is 2.21. The first-order valence-electron chi connectivity index (χ1n) is 24.9. The summed E-state index contributed by atoms with van der Waals surface area (Å²) in [5.74, 6) is 2.01. The molecule has 0 radical (unpaired) electrons. The number of amides is 3. The summed E-state index contributed by atoms with van der Waals surface area (Å²) in [6.07, 6.45) is 1.08. The van der Waals surface area contributed by atoms with Crippen molar-refractivity contribution < 1.29 is 84.9 Å². The van der Waals surface area contributed by atoms with Crippen LogP contribution >= 0.6 is 0 Å². The molecule has 0 saturated carbocycles. The highest BCUT2D eigenvalue weighted by Crippen LogP contribution is 2.22. The number of benzene rings is 2. The maximum absolute atomic E-state index is 13.0. The number of carbonyl (C=O) groups excluding carboxylic acids is 4. The zero-order valence-electron chi connectivity index (χ0n) is 43.0. The van der Waals surface area contributed by atoms with Crippen LogP contribution in [0.25, 0.3) is 22.9 Å². The van der Waals surface area contributed by atoms with Gasteiger partial charge >= 0.3 is 0 Å². The molecule has 0 aliphatic carbocycles. The second-order valence-corrected chi connectivity index (χ2v) is 15.8. The summed E-state index contributed by atoms with van der Waals surface area (Å²) in [7, 11) is 0. The maximum atomic E-state index is 13.0. The SMILES string of the molecule is Cc1nnc(-c2ccc(OCCOCCOCCOCCOCCC(=O)NCC(NC(=O)CCOCCOCCOCCOCCOc3ccc(-c4nnc(C)o4)cc3)C(=O)NCCOCCOCCC=O)cc2)o1. The first kappa shape index (κ1) is 61.5. The largest absolute Gasteiger partial charge is 0.491 e. The topological polar surface area (TPSA) is 293 Å². The molecule has 3 N–H and O–H groups in total. The van der Waals surface area contributed by atoms with Crippen LogP contribution in [0.2, 0.25) is 0 Å². The van der Waals surface area contributed by atoms with E-state index in [1.807, 2.05) is 48.5 Å². The molecule has 0 fully saturated rings. The molecular formula is C50H73N7O18. The molecule has 25 heteroatoms. The van der Waals surface area contributed by atoms with Gasteiger partial charge in [0.1, 0.15) is 37.0 Å². The van der Waals surface area contributed by atoms with Crippen molar-refractivity contribution in [3.8, 4) is 34.4 Å². The molecule has 2 aromatic heterocycles. The molecule has 4 aromatic rings. The fourth-order valence-electron chi connectivity index (χ4n) is 6.11. The summed E-state index contributed by atoms with van der Waals surface area (Å²) in [6.45, 7) is 10.5. The van der Waals surface area contributed by atoms with Gasteiger partial charge in [-0.15, -0.1) is 20.4 Å². The zero-order chi connectivity index (χ0) is 53.2. The van der Waals surface area contributed by atoms with Crippen molar-refractivity contribution in [3.05, 3.63) is 60.3 Å². The molecule has 1 atom stereocenters. The van der Waals surface area contributed by atoms with Gasteiger partial charge in [0.15, 0.2) is 0 Å². The van der Waals surface area contributed by atoms with E-state index in [9.17, 15) is 19.2 Å². The van der Waals surface area contributed by atoms with Gasteiger partial charge < -0.3 is 86.4 Å². The van der Waals surface area contributed by atoms with Crippen LogP contribution in [0.5, 0.6) is 11.5 Å². The molecule has 3 amide bonds. The third-order valence-electron chi connectivity index (χ3n) is 9.88. The molecule has 416 valence electrons. The van der Waals surface area contributed by atoms with Crippen LogP contribution in [0, 0.1) is 13.8 Å². The van der Waals surface area contributed by atoms with Gasteiger partial charge in [0.2, 0.25) is 41.3 Å². The van der Waals surface area contributed by atoms with E-state index in [-0.39, 0.29) is 71.5 Å². The summed E-state index contributed by atoms with van der Waals surface area (Å²) in [4.78, 5) is 48.9. The molecule has 75 heavy (non-hydrogen) atoms. The average molecular weight is 1060 g/mol. The normalized spacial score (nSPS) is 11.6. The molecule has 4 rings (SSSR count). The van der Waals surface area contributed by atoms with Crippen molar-refractivity contribution in [1.82, 2.24) is 36.3 Å². The molecule has 2 aromatic carbocycles. The Morgan fingerprint density at radius 2 is 0.840 bits per heavy atom. The van der Waals surface area contributed by atoms with Crippen LogP contribution in [0.3, 0.4) is 0 Å². The number of hydrogen-bond donors (Lipinski definition) is 3. The van der Waals surface area contributed by atoms with E-state index < -0.39 is 17.9 Å². The lowest BCUT2D eigenvalue weighted by atomic mass is 10.2. The highest BCUT2D eigenvalue weighted by atomic mass is 16.6. The number of aromatic nitrogens is 4. The van der Waals surface area contributed by atoms with Crippen LogP contribution in [0.1, 0.15) is 31.0 Å². The summed E-state index contributed by atoms with van der Waals surface area (Å²) in [6, 6.07) is 13.6. The van der Waals surface area contributed by atoms with Crippen LogP contribution in [0.15, 0.2) is 57.4 Å². The molecule has 0 bridgehead atoms. The van der Waals surface area contributed by atoms with E-state index in [4.69, 9.17) is 65.7 Å². The summed E-state index contributed by atoms with van der Waals surface area (Å²) < 4.78 is 77.2. The monoisotopic (exact) mass is 1060 g/mol. The molecule has 25 nitrogen and oxygen atoms in total. The number of nitrogens with one attached hydrogen (secondary N) is 3. The Morgan fingerprint density at radius 3 is 1.24 bits per heavy atom. The average Bonchev–Trinajstić information content (AvgIpc) is 4.07. The van der Waals surface area contributed by atoms with E-state index >= 15 is 0 Å². The smallest absolute Gasteiger partial charge is 0.247 e. The van der Waals surface area contributed by atoms with E-state index in [0.29, 0.717) is 147 Å². The molecule has 1 unspecified atom stereocenters. The Kier molecular flexibility index (Phi) is 33.1. The Hall–Kier alpha value is -6.00. The van der Waals surface area contributed by atoms with Gasteiger partial charge in [-0.1, -0.05) is 0 Å². The van der Waals surface area contributed by atoms with Crippen molar-refractivity contribution in [3.63, 3.8) is 0 Å². The number of aldehydes is 1. The van der Waals surface area contributed by atoms with Crippen LogP contribution in [-0.4, -0.2) is 209 Å². The van der Waals surface area contributed by atoms with Gasteiger partial charge in [0.25, 0.3) is 0 Å². The fourth-order valence-corrected chi connectivity index (χ4v) is 6.11. The Morgan fingerprint density at radius 1 is 0.467 bits per heavy atom. The summed E-state index contributed by atoms with van der Waals surface area (Å²) >= 11 is 0. The number of carbonyl (C=O) groups is 4. The van der Waals surface area contributed by atoms with Gasteiger partial charge in [0.05, 0.1) is 132 Å². The van der Waals surface area contributed by atoms with Gasteiger partial charge in [-0.3, -0.25) is 14.4 Å². The first-order chi connectivity index (χ1) is 36.8. The van der Waals surface area contributed by atoms with E-state index in [1.165, 1.54) is 0 Å². The van der Waals surface area contributed by atoms with Gasteiger partial charge in [-0.05, 0) is 48.5 Å². The molecule has 0 saturated heterocycles. The number of rotatable bonds is 47. The predicted molar refractivity (Wildman–Crippen MR) is 266 cm³/mol. The van der Waals surface area contributed by atoms with Crippen LogP contribution < -0.4 is 25.4 Å². The van der Waals surface area contributed by atoms with Crippen molar-refractivity contribution in [2.24, 2.45) is 0 Å². The maximum Gasteiger partial charge on any atom is 0.247 e. The minimum atomic E-state index is -1.06.